The van der Waals surface area contributed by atoms with E-state index in [0.717, 1.165) is 11.6 Å². The highest BCUT2D eigenvalue weighted by atomic mass is 19.1. The smallest absolute Gasteiger partial charge is 0.335 e. The second kappa shape index (κ2) is 10.3. The van der Waals surface area contributed by atoms with E-state index in [4.69, 9.17) is 10.5 Å². The zero-order valence-electron chi connectivity index (χ0n) is 23.0. The average molecular weight is 563 g/mol. The normalized spacial score (nSPS) is 20.6. The Hall–Kier alpha value is -4.74. The number of carboxylic acid groups (broad SMARTS) is 1. The largest absolute Gasteiger partial charge is 0.496 e. The lowest BCUT2D eigenvalue weighted by Gasteiger charge is -2.41. The molecule has 4 aromatic rings. The number of rotatable bonds is 7. The molecule has 41 heavy (non-hydrogen) atoms. The van der Waals surface area contributed by atoms with Gasteiger partial charge < -0.3 is 20.9 Å². The highest BCUT2D eigenvalue weighted by Gasteiger charge is 2.44. The topological polar surface area (TPSA) is 154 Å². The number of imidazole rings is 1. The van der Waals surface area contributed by atoms with Gasteiger partial charge in [0.05, 0.1) is 23.8 Å². The second-order valence-corrected chi connectivity index (χ2v) is 10.9. The molecule has 11 nitrogen and oxygen atoms in total. The molecule has 0 aliphatic heterocycles. The number of amides is 1. The Kier molecular flexibility index (Phi) is 7.02. The SMILES string of the molecule is COc1ccc(F)cc1C(=O)NCc1ccc(-n2c(=O)n(C3(C)CCC(C)(C(=O)O)CC3)c3ncnc(N)c32)cc1. The van der Waals surface area contributed by atoms with Crippen LogP contribution in [-0.2, 0) is 16.9 Å². The average Bonchev–Trinajstić information content (AvgIpc) is 3.27. The van der Waals surface area contributed by atoms with Gasteiger partial charge in [0.25, 0.3) is 5.91 Å². The van der Waals surface area contributed by atoms with Crippen molar-refractivity contribution >= 4 is 28.9 Å². The molecule has 1 saturated carbocycles. The number of nitrogens with zero attached hydrogens (tertiary/aromatic N) is 4. The number of carboxylic acids is 1. The maximum absolute atomic E-state index is 14.0. The summed E-state index contributed by atoms with van der Waals surface area (Å²) < 4.78 is 21.9. The molecule has 0 bridgehead atoms. The first-order chi connectivity index (χ1) is 19.5. The number of aliphatic carboxylic acids is 1. The third-order valence-electron chi connectivity index (χ3n) is 8.19. The highest BCUT2D eigenvalue weighted by Crippen LogP contribution is 2.45. The number of benzene rings is 2. The minimum atomic E-state index is -0.847. The third kappa shape index (κ3) is 4.90. The van der Waals surface area contributed by atoms with Gasteiger partial charge in [-0.25, -0.2) is 19.2 Å². The number of anilines is 1. The molecule has 214 valence electrons. The van der Waals surface area contributed by atoms with Crippen molar-refractivity contribution in [2.24, 2.45) is 5.41 Å². The minimum absolute atomic E-state index is 0.0823. The summed E-state index contributed by atoms with van der Waals surface area (Å²) in [6.07, 6.45) is 3.10. The Morgan fingerprint density at radius 3 is 2.41 bits per heavy atom. The monoisotopic (exact) mass is 562 g/mol. The van der Waals surface area contributed by atoms with Crippen LogP contribution in [0, 0.1) is 11.2 Å². The zero-order valence-corrected chi connectivity index (χ0v) is 23.0. The Balaban J connectivity index is 1.45. The maximum Gasteiger partial charge on any atom is 0.335 e. The molecule has 2 heterocycles. The van der Waals surface area contributed by atoms with Crippen molar-refractivity contribution in [3.05, 3.63) is 76.2 Å². The summed E-state index contributed by atoms with van der Waals surface area (Å²) in [6, 6.07) is 10.7. The van der Waals surface area contributed by atoms with Crippen molar-refractivity contribution in [2.45, 2.75) is 51.6 Å². The molecule has 0 atom stereocenters. The number of carbonyl (C=O) groups is 2. The van der Waals surface area contributed by atoms with Crippen molar-refractivity contribution in [3.8, 4) is 11.4 Å². The van der Waals surface area contributed by atoms with Crippen LogP contribution in [-0.4, -0.2) is 43.2 Å². The van der Waals surface area contributed by atoms with Gasteiger partial charge in [-0.2, -0.15) is 0 Å². The van der Waals surface area contributed by atoms with E-state index in [9.17, 15) is 23.9 Å². The van der Waals surface area contributed by atoms with E-state index in [1.54, 1.807) is 35.8 Å². The van der Waals surface area contributed by atoms with Crippen molar-refractivity contribution in [1.29, 1.82) is 0 Å². The van der Waals surface area contributed by atoms with Gasteiger partial charge in [-0.1, -0.05) is 12.1 Å². The lowest BCUT2D eigenvalue weighted by molar-refractivity contribution is -0.151. The molecule has 1 amide bonds. The molecule has 1 fully saturated rings. The summed E-state index contributed by atoms with van der Waals surface area (Å²) in [4.78, 5) is 47.0. The van der Waals surface area contributed by atoms with Crippen LogP contribution in [0.3, 0.4) is 0 Å². The summed E-state index contributed by atoms with van der Waals surface area (Å²) in [5, 5.41) is 12.4. The van der Waals surface area contributed by atoms with Gasteiger partial charge >= 0.3 is 11.7 Å². The fraction of sp³-hybridized carbons (Fsp3) is 0.345. The van der Waals surface area contributed by atoms with Crippen LogP contribution in [0.2, 0.25) is 0 Å². The molecule has 1 aliphatic rings. The van der Waals surface area contributed by atoms with E-state index in [2.05, 4.69) is 15.3 Å². The fourth-order valence-electron chi connectivity index (χ4n) is 5.45. The number of aromatic nitrogens is 4. The van der Waals surface area contributed by atoms with E-state index in [1.807, 2.05) is 6.92 Å². The van der Waals surface area contributed by atoms with Gasteiger partial charge in [0.1, 0.15) is 23.4 Å². The van der Waals surface area contributed by atoms with Crippen LogP contribution >= 0.6 is 0 Å². The van der Waals surface area contributed by atoms with Gasteiger partial charge in [0.15, 0.2) is 11.5 Å². The van der Waals surface area contributed by atoms with Gasteiger partial charge in [0.2, 0.25) is 0 Å². The quantitative estimate of drug-likeness (QED) is 0.309. The number of methoxy groups -OCH3 is 1. The molecule has 2 aromatic heterocycles. The van der Waals surface area contributed by atoms with E-state index in [1.165, 1.54) is 30.1 Å². The molecule has 4 N–H and O–H groups in total. The Morgan fingerprint density at radius 2 is 1.78 bits per heavy atom. The molecule has 0 radical (unpaired) electrons. The standard InChI is InChI=1S/C29H31FN6O5/c1-28(26(38)39)10-12-29(2,13-11-28)36-24-22(23(31)33-16-34-24)35(27(36)40)19-7-4-17(5-8-19)15-32-25(37)20-14-18(30)6-9-21(20)41-3/h4-9,14,16H,10-13,15H2,1-3H3,(H,32,37)(H,38,39)(H2,31,33,34). The van der Waals surface area contributed by atoms with E-state index in [-0.39, 0.29) is 29.4 Å². The van der Waals surface area contributed by atoms with Crippen molar-refractivity contribution < 1.29 is 23.8 Å². The molecular weight excluding hydrogens is 531 g/mol. The number of nitrogen functional groups attached to an aromatic ring is 1. The van der Waals surface area contributed by atoms with Gasteiger partial charge in [-0.15, -0.1) is 0 Å². The number of halogens is 1. The van der Waals surface area contributed by atoms with Crippen LogP contribution in [0.1, 0.15) is 55.5 Å². The predicted molar refractivity (Wildman–Crippen MR) is 150 cm³/mol. The highest BCUT2D eigenvalue weighted by molar-refractivity contribution is 5.96. The summed E-state index contributed by atoms with van der Waals surface area (Å²) in [7, 11) is 1.40. The number of hydrogen-bond donors (Lipinski definition) is 3. The number of ether oxygens (including phenoxy) is 1. The number of fused-ring (bicyclic) bond motifs is 1. The molecule has 1 aliphatic carbocycles. The number of hydrogen-bond acceptors (Lipinski definition) is 7. The molecule has 12 heteroatoms. The van der Waals surface area contributed by atoms with E-state index < -0.39 is 28.6 Å². The molecule has 2 aromatic carbocycles. The van der Waals surface area contributed by atoms with Crippen LogP contribution in [0.4, 0.5) is 10.2 Å². The van der Waals surface area contributed by atoms with Crippen LogP contribution in [0.25, 0.3) is 16.9 Å². The second-order valence-electron chi connectivity index (χ2n) is 10.9. The predicted octanol–water partition coefficient (Wildman–Crippen LogP) is 3.62. The zero-order chi connectivity index (χ0) is 29.5. The fourth-order valence-corrected chi connectivity index (χ4v) is 5.45. The van der Waals surface area contributed by atoms with Crippen LogP contribution in [0.5, 0.6) is 5.75 Å². The summed E-state index contributed by atoms with van der Waals surface area (Å²) >= 11 is 0. The minimum Gasteiger partial charge on any atom is -0.496 e. The summed E-state index contributed by atoms with van der Waals surface area (Å²) in [6.45, 7) is 3.83. The van der Waals surface area contributed by atoms with E-state index in [0.29, 0.717) is 42.5 Å². The van der Waals surface area contributed by atoms with Gasteiger partial charge in [-0.3, -0.25) is 18.7 Å². The first-order valence-corrected chi connectivity index (χ1v) is 13.2. The molecule has 0 saturated heterocycles. The lowest BCUT2D eigenvalue weighted by atomic mass is 9.69. The number of carbonyl (C=O) groups excluding carboxylic acids is 1. The van der Waals surface area contributed by atoms with Crippen molar-refractivity contribution in [3.63, 3.8) is 0 Å². The lowest BCUT2D eigenvalue weighted by Crippen LogP contribution is -2.45. The Bertz CT molecular complexity index is 1700. The molecule has 0 unspecified atom stereocenters. The van der Waals surface area contributed by atoms with Crippen molar-refractivity contribution in [1.82, 2.24) is 24.4 Å². The number of nitrogens with two attached hydrogens (primary N) is 1. The van der Waals surface area contributed by atoms with Crippen molar-refractivity contribution in [2.75, 3.05) is 12.8 Å². The first kappa shape index (κ1) is 27.8. The van der Waals surface area contributed by atoms with Gasteiger partial charge in [0, 0.05) is 12.1 Å². The summed E-state index contributed by atoms with van der Waals surface area (Å²) in [5.41, 5.74) is 6.47. The van der Waals surface area contributed by atoms with E-state index >= 15 is 0 Å². The number of nitrogens with one attached hydrogen (secondary N) is 1. The Morgan fingerprint density at radius 1 is 1.10 bits per heavy atom. The third-order valence-corrected chi connectivity index (χ3v) is 8.19. The first-order valence-electron chi connectivity index (χ1n) is 13.2. The molecule has 5 rings (SSSR count). The molecule has 0 spiro atoms. The Labute approximate surface area is 234 Å². The maximum atomic E-state index is 14.0. The van der Waals surface area contributed by atoms with Crippen LogP contribution in [0.15, 0.2) is 53.6 Å². The molecular formula is C29H31FN6O5. The van der Waals surface area contributed by atoms with Gasteiger partial charge in [-0.05, 0) is 75.4 Å². The summed E-state index contributed by atoms with van der Waals surface area (Å²) in [5.74, 6) is -1.48. The van der Waals surface area contributed by atoms with Crippen LogP contribution < -0.4 is 21.5 Å².